The molecule has 0 radical (unpaired) electrons. The molecule has 0 aromatic carbocycles. The predicted octanol–water partition coefficient (Wildman–Crippen LogP) is -0.205. The van der Waals surface area contributed by atoms with Crippen LogP contribution in [0.2, 0.25) is 0 Å². The van der Waals surface area contributed by atoms with E-state index in [0.29, 0.717) is 5.56 Å². The molecule has 1 aromatic rings. The van der Waals surface area contributed by atoms with Crippen LogP contribution < -0.4 is 5.32 Å². The zero-order valence-corrected chi connectivity index (χ0v) is 7.15. The molecule has 0 aliphatic carbocycles. The summed E-state index contributed by atoms with van der Waals surface area (Å²) in [5.74, 6) is -0.402. The lowest BCUT2D eigenvalue weighted by Crippen LogP contribution is -2.28. The highest BCUT2D eigenvalue weighted by Crippen LogP contribution is 1.92. The van der Waals surface area contributed by atoms with Crippen molar-refractivity contribution in [1.82, 2.24) is 15.5 Å². The number of ketones is 1. The van der Waals surface area contributed by atoms with Gasteiger partial charge in [0.15, 0.2) is 0 Å². The maximum Gasteiger partial charge on any atom is 0.253 e. The van der Waals surface area contributed by atoms with Gasteiger partial charge in [0, 0.05) is 0 Å². The molecule has 0 unspecified atom stereocenters. The number of nitrogens with one attached hydrogen (secondary N) is 1. The van der Waals surface area contributed by atoms with Crippen LogP contribution >= 0.6 is 0 Å². The van der Waals surface area contributed by atoms with Crippen LogP contribution in [0.5, 0.6) is 0 Å². The Kier molecular flexibility index (Phi) is 3.08. The van der Waals surface area contributed by atoms with Gasteiger partial charge < -0.3 is 5.32 Å². The molecule has 0 fully saturated rings. The molecule has 0 bridgehead atoms. The minimum atomic E-state index is -0.315. The summed E-state index contributed by atoms with van der Waals surface area (Å²) in [7, 11) is 0. The van der Waals surface area contributed by atoms with Crippen LogP contribution in [-0.2, 0) is 4.79 Å². The molecule has 13 heavy (non-hydrogen) atoms. The molecule has 5 nitrogen and oxygen atoms in total. The number of rotatable bonds is 3. The molecule has 0 spiro atoms. The number of amides is 1. The topological polar surface area (TPSA) is 72.0 Å². The molecule has 0 saturated carbocycles. The lowest BCUT2D eigenvalue weighted by molar-refractivity contribution is -0.116. The van der Waals surface area contributed by atoms with Gasteiger partial charge in [-0.1, -0.05) is 0 Å². The summed E-state index contributed by atoms with van der Waals surface area (Å²) in [6.07, 6.45) is 2.76. The Morgan fingerprint density at radius 1 is 1.46 bits per heavy atom. The molecule has 5 heteroatoms. The molecule has 1 N–H and O–H groups in total. The number of nitrogens with zero attached hydrogens (tertiary/aromatic N) is 2. The molecule has 0 saturated heterocycles. The summed E-state index contributed by atoms with van der Waals surface area (Å²) in [6.45, 7) is 1.45. The van der Waals surface area contributed by atoms with Crippen LogP contribution in [0.4, 0.5) is 0 Å². The molecule has 68 valence electrons. The largest absolute Gasteiger partial charge is 0.345 e. The van der Waals surface area contributed by atoms with Crippen LogP contribution in [0.25, 0.3) is 0 Å². The van der Waals surface area contributed by atoms with Crippen LogP contribution in [0.3, 0.4) is 0 Å². The minimum absolute atomic E-state index is 0.0428. The van der Waals surface area contributed by atoms with Crippen LogP contribution in [0.15, 0.2) is 18.5 Å². The highest BCUT2D eigenvalue weighted by atomic mass is 16.2. The first kappa shape index (κ1) is 9.31. The van der Waals surface area contributed by atoms with Gasteiger partial charge in [-0.05, 0) is 13.0 Å². The zero-order valence-electron chi connectivity index (χ0n) is 7.15. The molecule has 1 heterocycles. The number of hydrogen-bond donors (Lipinski definition) is 1. The monoisotopic (exact) mass is 179 g/mol. The number of carbonyl (C=O) groups excluding carboxylic acids is 2. The van der Waals surface area contributed by atoms with Crippen molar-refractivity contribution in [2.75, 3.05) is 6.54 Å². The predicted molar refractivity (Wildman–Crippen MR) is 45.0 cm³/mol. The van der Waals surface area contributed by atoms with Crippen molar-refractivity contribution in [2.45, 2.75) is 6.92 Å². The molecule has 0 aliphatic heterocycles. The summed E-state index contributed by atoms with van der Waals surface area (Å²) in [6, 6.07) is 1.53. The number of hydrogen-bond acceptors (Lipinski definition) is 4. The maximum absolute atomic E-state index is 11.2. The van der Waals surface area contributed by atoms with E-state index in [9.17, 15) is 9.59 Å². The van der Waals surface area contributed by atoms with E-state index in [1.807, 2.05) is 0 Å². The van der Waals surface area contributed by atoms with Gasteiger partial charge in [0.25, 0.3) is 5.91 Å². The van der Waals surface area contributed by atoms with E-state index in [4.69, 9.17) is 0 Å². The SMILES string of the molecule is CC(=O)CNC(=O)c1ccnnc1. The van der Waals surface area contributed by atoms with Crippen molar-refractivity contribution in [3.8, 4) is 0 Å². The van der Waals surface area contributed by atoms with Gasteiger partial charge in [-0.2, -0.15) is 10.2 Å². The molecule has 1 rings (SSSR count). The van der Waals surface area contributed by atoms with Crippen LogP contribution in [0, 0.1) is 0 Å². The first-order valence-corrected chi connectivity index (χ1v) is 3.74. The molecule has 1 amide bonds. The Balaban J connectivity index is 2.54. The summed E-state index contributed by atoms with van der Waals surface area (Å²) in [5.41, 5.74) is 0.399. The maximum atomic E-state index is 11.2. The highest BCUT2D eigenvalue weighted by molar-refractivity contribution is 5.95. The van der Waals surface area contributed by atoms with Gasteiger partial charge in [0.1, 0.15) is 5.78 Å². The first-order valence-electron chi connectivity index (χ1n) is 3.74. The third-order valence-corrected chi connectivity index (χ3v) is 1.34. The van der Waals surface area contributed by atoms with E-state index in [-0.39, 0.29) is 18.2 Å². The fourth-order valence-electron chi connectivity index (χ4n) is 0.732. The molecule has 0 aliphatic rings. The second-order valence-corrected chi connectivity index (χ2v) is 2.52. The third-order valence-electron chi connectivity index (χ3n) is 1.34. The first-order chi connectivity index (χ1) is 6.20. The molecular weight excluding hydrogens is 170 g/mol. The van der Waals surface area contributed by atoms with Crippen molar-refractivity contribution in [3.63, 3.8) is 0 Å². The lowest BCUT2D eigenvalue weighted by Gasteiger charge is -2.00. The van der Waals surface area contributed by atoms with Crippen molar-refractivity contribution >= 4 is 11.7 Å². The van der Waals surface area contributed by atoms with E-state index < -0.39 is 0 Å². The Hall–Kier alpha value is -1.78. The van der Waals surface area contributed by atoms with E-state index in [1.54, 1.807) is 0 Å². The fourth-order valence-corrected chi connectivity index (χ4v) is 0.732. The smallest absolute Gasteiger partial charge is 0.253 e. The van der Waals surface area contributed by atoms with E-state index in [2.05, 4.69) is 15.5 Å². The normalized spacial score (nSPS) is 9.31. The highest BCUT2D eigenvalue weighted by Gasteiger charge is 2.04. The van der Waals surface area contributed by atoms with Gasteiger partial charge in [-0.3, -0.25) is 9.59 Å². The van der Waals surface area contributed by atoms with Crippen LogP contribution in [-0.4, -0.2) is 28.4 Å². The Morgan fingerprint density at radius 3 is 2.77 bits per heavy atom. The second kappa shape index (κ2) is 4.30. The molecule has 1 aromatic heterocycles. The summed E-state index contributed by atoms with van der Waals surface area (Å²) in [5, 5.41) is 9.51. The average Bonchev–Trinajstić information content (AvgIpc) is 2.15. The zero-order chi connectivity index (χ0) is 9.68. The van der Waals surface area contributed by atoms with E-state index in [1.165, 1.54) is 25.4 Å². The summed E-state index contributed by atoms with van der Waals surface area (Å²) in [4.78, 5) is 21.8. The standard InChI is InChI=1S/C8H9N3O2/c1-6(12)4-9-8(13)7-2-3-10-11-5-7/h2-3,5H,4H2,1H3,(H,9,13). The van der Waals surface area contributed by atoms with Crippen molar-refractivity contribution < 1.29 is 9.59 Å². The number of aromatic nitrogens is 2. The van der Waals surface area contributed by atoms with Crippen molar-refractivity contribution in [1.29, 1.82) is 0 Å². The van der Waals surface area contributed by atoms with E-state index >= 15 is 0 Å². The number of carbonyl (C=O) groups is 2. The van der Waals surface area contributed by atoms with Gasteiger partial charge >= 0.3 is 0 Å². The quantitative estimate of drug-likeness (QED) is 0.697. The second-order valence-electron chi connectivity index (χ2n) is 2.52. The molecular formula is C8H9N3O2. The summed E-state index contributed by atoms with van der Waals surface area (Å²) >= 11 is 0. The third kappa shape index (κ3) is 2.98. The minimum Gasteiger partial charge on any atom is -0.345 e. The van der Waals surface area contributed by atoms with Gasteiger partial charge in [-0.15, -0.1) is 0 Å². The average molecular weight is 179 g/mol. The summed E-state index contributed by atoms with van der Waals surface area (Å²) < 4.78 is 0. The Bertz CT molecular complexity index is 310. The van der Waals surface area contributed by atoms with Crippen molar-refractivity contribution in [2.24, 2.45) is 0 Å². The Morgan fingerprint density at radius 2 is 2.23 bits per heavy atom. The molecule has 0 atom stereocenters. The van der Waals surface area contributed by atoms with E-state index in [0.717, 1.165) is 0 Å². The van der Waals surface area contributed by atoms with Gasteiger partial charge in [-0.25, -0.2) is 0 Å². The lowest BCUT2D eigenvalue weighted by atomic mass is 10.3. The van der Waals surface area contributed by atoms with Crippen molar-refractivity contribution in [3.05, 3.63) is 24.0 Å². The fraction of sp³-hybridized carbons (Fsp3) is 0.250. The Labute approximate surface area is 75.2 Å². The van der Waals surface area contributed by atoms with Gasteiger partial charge in [0.2, 0.25) is 0 Å². The van der Waals surface area contributed by atoms with Gasteiger partial charge in [0.05, 0.1) is 24.5 Å². The number of Topliss-reactive ketones (excluding diaryl/α,β-unsaturated/α-hetero) is 1. The van der Waals surface area contributed by atoms with Crippen LogP contribution in [0.1, 0.15) is 17.3 Å².